The largest absolute Gasteiger partial charge is 0.363 e. The molecule has 0 aliphatic carbocycles. The average Bonchev–Trinajstić information content (AvgIpc) is 2.79. The van der Waals surface area contributed by atoms with Gasteiger partial charge in [-0.1, -0.05) is 0 Å². The summed E-state index contributed by atoms with van der Waals surface area (Å²) in [6.45, 7) is 6.60. The topological polar surface area (TPSA) is 81.6 Å². The summed E-state index contributed by atoms with van der Waals surface area (Å²) >= 11 is 0. The summed E-state index contributed by atoms with van der Waals surface area (Å²) in [4.78, 5) is 39.3. The molecular formula is C21H30N8O. The zero-order chi connectivity index (χ0) is 21.1. The van der Waals surface area contributed by atoms with E-state index in [0.717, 1.165) is 50.1 Å². The predicted octanol–water partition coefficient (Wildman–Crippen LogP) is 1.29. The number of aromatic nitrogens is 4. The molecule has 160 valence electrons. The third-order valence-electron chi connectivity index (χ3n) is 6.04. The van der Waals surface area contributed by atoms with Crippen LogP contribution in [0.2, 0.25) is 0 Å². The number of piperidine rings is 1. The summed E-state index contributed by atoms with van der Waals surface area (Å²) in [5, 5.41) is 0. The van der Waals surface area contributed by atoms with Crippen molar-refractivity contribution >= 4 is 23.5 Å². The Kier molecular flexibility index (Phi) is 5.69. The molecule has 0 saturated carbocycles. The standard InChI is InChI=1S/C21H30N8O/c1-21(6-4-9-29(15-21)18-14-17(26(2)3)24-16-25-18)19(30)27-10-12-28(13-11-27)20-22-7-5-8-23-20/h5,7-8,14,16H,4,6,9-13,15H2,1-3H3. The van der Waals surface area contributed by atoms with Gasteiger partial charge in [0.25, 0.3) is 0 Å². The molecule has 0 spiro atoms. The molecule has 4 heterocycles. The number of anilines is 3. The van der Waals surface area contributed by atoms with Crippen molar-refractivity contribution in [3.63, 3.8) is 0 Å². The first kappa shape index (κ1) is 20.3. The Balaban J connectivity index is 1.42. The summed E-state index contributed by atoms with van der Waals surface area (Å²) < 4.78 is 0. The maximum absolute atomic E-state index is 13.5. The van der Waals surface area contributed by atoms with Crippen molar-refractivity contribution in [1.29, 1.82) is 0 Å². The molecular weight excluding hydrogens is 380 g/mol. The van der Waals surface area contributed by atoms with Crippen molar-refractivity contribution in [1.82, 2.24) is 24.8 Å². The lowest BCUT2D eigenvalue weighted by Crippen LogP contribution is -2.56. The summed E-state index contributed by atoms with van der Waals surface area (Å²) in [6.07, 6.45) is 6.99. The van der Waals surface area contributed by atoms with Crippen LogP contribution < -0.4 is 14.7 Å². The molecule has 2 fully saturated rings. The van der Waals surface area contributed by atoms with E-state index in [0.29, 0.717) is 19.6 Å². The number of carbonyl (C=O) groups is 1. The van der Waals surface area contributed by atoms with Gasteiger partial charge in [0, 0.05) is 71.8 Å². The molecule has 2 aromatic rings. The minimum absolute atomic E-state index is 0.239. The van der Waals surface area contributed by atoms with Gasteiger partial charge in [0.1, 0.15) is 18.0 Å². The van der Waals surface area contributed by atoms with Gasteiger partial charge in [-0.25, -0.2) is 19.9 Å². The zero-order valence-corrected chi connectivity index (χ0v) is 18.0. The Hall–Kier alpha value is -2.97. The lowest BCUT2D eigenvalue weighted by Gasteiger charge is -2.44. The second kappa shape index (κ2) is 8.41. The Morgan fingerprint density at radius 1 is 1.00 bits per heavy atom. The third kappa shape index (κ3) is 4.15. The Morgan fingerprint density at radius 3 is 2.43 bits per heavy atom. The highest BCUT2D eigenvalue weighted by atomic mass is 16.2. The van der Waals surface area contributed by atoms with Gasteiger partial charge in [0.05, 0.1) is 5.41 Å². The molecule has 2 saturated heterocycles. The summed E-state index contributed by atoms with van der Waals surface area (Å²) in [7, 11) is 3.94. The Morgan fingerprint density at radius 2 is 1.73 bits per heavy atom. The zero-order valence-electron chi connectivity index (χ0n) is 18.0. The van der Waals surface area contributed by atoms with Gasteiger partial charge >= 0.3 is 0 Å². The van der Waals surface area contributed by atoms with E-state index in [1.807, 2.05) is 36.0 Å². The highest BCUT2D eigenvalue weighted by molar-refractivity contribution is 5.83. The van der Waals surface area contributed by atoms with Gasteiger partial charge in [-0.15, -0.1) is 0 Å². The second-order valence-electron chi connectivity index (χ2n) is 8.54. The molecule has 0 radical (unpaired) electrons. The number of nitrogens with zero attached hydrogens (tertiary/aromatic N) is 8. The van der Waals surface area contributed by atoms with E-state index in [4.69, 9.17) is 0 Å². The van der Waals surface area contributed by atoms with E-state index >= 15 is 0 Å². The van der Waals surface area contributed by atoms with E-state index in [9.17, 15) is 4.79 Å². The number of carbonyl (C=O) groups excluding carboxylic acids is 1. The summed E-state index contributed by atoms with van der Waals surface area (Å²) in [5.41, 5.74) is -0.410. The van der Waals surface area contributed by atoms with Crippen molar-refractivity contribution in [2.75, 3.05) is 68.1 Å². The van der Waals surface area contributed by atoms with Crippen LogP contribution in [0.5, 0.6) is 0 Å². The van der Waals surface area contributed by atoms with Crippen molar-refractivity contribution in [3.05, 3.63) is 30.9 Å². The second-order valence-corrected chi connectivity index (χ2v) is 8.54. The summed E-state index contributed by atoms with van der Waals surface area (Å²) in [6, 6.07) is 3.81. The van der Waals surface area contributed by atoms with Crippen molar-refractivity contribution in [2.24, 2.45) is 5.41 Å². The number of amides is 1. The molecule has 0 aromatic carbocycles. The Bertz CT molecular complexity index is 868. The normalized spacial score (nSPS) is 22.2. The third-order valence-corrected chi connectivity index (χ3v) is 6.04. The van der Waals surface area contributed by atoms with Crippen molar-refractivity contribution < 1.29 is 4.79 Å². The smallest absolute Gasteiger partial charge is 0.230 e. The van der Waals surface area contributed by atoms with Gasteiger partial charge < -0.3 is 19.6 Å². The SMILES string of the molecule is CN(C)c1cc(N2CCCC(C)(C(=O)N3CCN(c4ncccn4)CC3)C2)ncn1. The molecule has 9 nitrogen and oxygen atoms in total. The fraction of sp³-hybridized carbons (Fsp3) is 0.571. The quantitative estimate of drug-likeness (QED) is 0.746. The molecule has 2 aliphatic heterocycles. The van der Waals surface area contributed by atoms with E-state index in [1.54, 1.807) is 18.7 Å². The number of hydrogen-bond donors (Lipinski definition) is 0. The molecule has 2 aromatic heterocycles. The average molecular weight is 411 g/mol. The van der Waals surface area contributed by atoms with Crippen LogP contribution in [0.3, 0.4) is 0 Å². The van der Waals surface area contributed by atoms with Crippen LogP contribution >= 0.6 is 0 Å². The lowest BCUT2D eigenvalue weighted by molar-refractivity contribution is -0.142. The first-order valence-electron chi connectivity index (χ1n) is 10.5. The molecule has 1 unspecified atom stereocenters. The van der Waals surface area contributed by atoms with E-state index in [-0.39, 0.29) is 5.91 Å². The van der Waals surface area contributed by atoms with Crippen LogP contribution in [0.4, 0.5) is 17.6 Å². The minimum Gasteiger partial charge on any atom is -0.363 e. The molecule has 1 atom stereocenters. The molecule has 9 heteroatoms. The molecule has 0 bridgehead atoms. The highest BCUT2D eigenvalue weighted by Crippen LogP contribution is 2.34. The lowest BCUT2D eigenvalue weighted by atomic mass is 9.80. The first-order valence-corrected chi connectivity index (χ1v) is 10.5. The number of piperazine rings is 1. The minimum atomic E-state index is -0.410. The van der Waals surface area contributed by atoms with Crippen molar-refractivity contribution in [2.45, 2.75) is 19.8 Å². The van der Waals surface area contributed by atoms with Crippen LogP contribution in [0, 0.1) is 5.41 Å². The highest BCUT2D eigenvalue weighted by Gasteiger charge is 2.41. The summed E-state index contributed by atoms with van der Waals surface area (Å²) in [5.74, 6) is 2.74. The van der Waals surface area contributed by atoms with Crippen molar-refractivity contribution in [3.8, 4) is 0 Å². The number of hydrogen-bond acceptors (Lipinski definition) is 8. The van der Waals surface area contributed by atoms with Crippen LogP contribution in [0.1, 0.15) is 19.8 Å². The monoisotopic (exact) mass is 410 g/mol. The van der Waals surface area contributed by atoms with Crippen LogP contribution in [-0.4, -0.2) is 84.1 Å². The van der Waals surface area contributed by atoms with E-state index < -0.39 is 5.41 Å². The first-order chi connectivity index (χ1) is 14.5. The predicted molar refractivity (Wildman–Crippen MR) is 117 cm³/mol. The Labute approximate surface area is 177 Å². The van der Waals surface area contributed by atoms with Gasteiger partial charge in [0.15, 0.2) is 0 Å². The fourth-order valence-corrected chi connectivity index (χ4v) is 4.31. The van der Waals surface area contributed by atoms with Crippen LogP contribution in [0.25, 0.3) is 0 Å². The number of rotatable bonds is 4. The molecule has 4 rings (SSSR count). The molecule has 0 N–H and O–H groups in total. The maximum Gasteiger partial charge on any atom is 0.230 e. The molecule has 1 amide bonds. The maximum atomic E-state index is 13.5. The van der Waals surface area contributed by atoms with Crippen LogP contribution in [-0.2, 0) is 4.79 Å². The van der Waals surface area contributed by atoms with Crippen LogP contribution in [0.15, 0.2) is 30.9 Å². The molecule has 2 aliphatic rings. The van der Waals surface area contributed by atoms with Gasteiger partial charge in [-0.3, -0.25) is 4.79 Å². The van der Waals surface area contributed by atoms with E-state index in [1.165, 1.54) is 0 Å². The van der Waals surface area contributed by atoms with Gasteiger partial charge in [-0.05, 0) is 25.8 Å². The van der Waals surface area contributed by atoms with Gasteiger partial charge in [0.2, 0.25) is 11.9 Å². The molecule has 30 heavy (non-hydrogen) atoms. The van der Waals surface area contributed by atoms with Gasteiger partial charge in [-0.2, -0.15) is 0 Å². The fourth-order valence-electron chi connectivity index (χ4n) is 4.31. The van der Waals surface area contributed by atoms with E-state index in [2.05, 4.69) is 36.7 Å².